The second-order valence-electron chi connectivity index (χ2n) is 4.21. The largest absolute Gasteiger partial charge is 0.507 e. The van der Waals surface area contributed by atoms with Crippen molar-refractivity contribution < 1.29 is 19.4 Å². The highest BCUT2D eigenvalue weighted by Crippen LogP contribution is 2.33. The van der Waals surface area contributed by atoms with Crippen molar-refractivity contribution in [3.8, 4) is 17.2 Å². The van der Waals surface area contributed by atoms with E-state index in [-0.39, 0.29) is 22.8 Å². The number of hydrogen-bond donors (Lipinski definition) is 1. The van der Waals surface area contributed by atoms with E-state index in [0.717, 1.165) is 5.56 Å². The molecule has 5 nitrogen and oxygen atoms in total. The lowest BCUT2D eigenvalue weighted by atomic mass is 10.1. The van der Waals surface area contributed by atoms with E-state index >= 15 is 0 Å². The van der Waals surface area contributed by atoms with Crippen molar-refractivity contribution in [2.24, 2.45) is 0 Å². The third-order valence-electron chi connectivity index (χ3n) is 2.87. The molecule has 0 saturated carbocycles. The summed E-state index contributed by atoms with van der Waals surface area (Å²) in [6.07, 6.45) is 6.27. The van der Waals surface area contributed by atoms with Crippen LogP contribution in [0.5, 0.6) is 17.2 Å². The number of aromatic hydroxyl groups is 1. The molecule has 0 fully saturated rings. The molecule has 0 aliphatic rings. The van der Waals surface area contributed by atoms with E-state index in [2.05, 4.69) is 4.98 Å². The molecule has 1 aromatic heterocycles. The van der Waals surface area contributed by atoms with Gasteiger partial charge in [0, 0.05) is 24.5 Å². The van der Waals surface area contributed by atoms with Crippen molar-refractivity contribution in [2.75, 3.05) is 14.2 Å². The van der Waals surface area contributed by atoms with Crippen molar-refractivity contribution in [3.63, 3.8) is 0 Å². The number of carbonyl (C=O) groups is 1. The van der Waals surface area contributed by atoms with Gasteiger partial charge in [0.05, 0.1) is 14.2 Å². The maximum atomic E-state index is 12.2. The van der Waals surface area contributed by atoms with Crippen LogP contribution in [0, 0.1) is 0 Å². The molecule has 0 amide bonds. The van der Waals surface area contributed by atoms with Gasteiger partial charge in [-0.1, -0.05) is 6.07 Å². The highest BCUT2D eigenvalue weighted by Gasteiger charge is 2.17. The number of methoxy groups -OCH3 is 2. The van der Waals surface area contributed by atoms with E-state index in [9.17, 15) is 9.90 Å². The molecule has 0 bridgehead atoms. The quantitative estimate of drug-likeness (QED) is 0.675. The first-order chi connectivity index (χ1) is 10.2. The number of ether oxygens (including phenoxy) is 2. The molecule has 108 valence electrons. The number of nitrogens with zero attached hydrogens (tertiary/aromatic N) is 1. The third kappa shape index (κ3) is 3.39. The van der Waals surface area contributed by atoms with Gasteiger partial charge in [0.25, 0.3) is 0 Å². The van der Waals surface area contributed by atoms with E-state index < -0.39 is 0 Å². The highest BCUT2D eigenvalue weighted by atomic mass is 16.5. The number of hydrogen-bond acceptors (Lipinski definition) is 5. The minimum absolute atomic E-state index is 0.0958. The van der Waals surface area contributed by atoms with Crippen molar-refractivity contribution in [3.05, 3.63) is 53.9 Å². The molecule has 1 aromatic carbocycles. The zero-order valence-corrected chi connectivity index (χ0v) is 11.7. The van der Waals surface area contributed by atoms with Gasteiger partial charge in [0.15, 0.2) is 5.78 Å². The molecule has 0 saturated heterocycles. The maximum absolute atomic E-state index is 12.2. The highest BCUT2D eigenvalue weighted by molar-refractivity contribution is 6.10. The zero-order valence-electron chi connectivity index (χ0n) is 11.7. The fraction of sp³-hybridized carbons (Fsp3) is 0.125. The molecule has 2 aromatic rings. The minimum atomic E-state index is -0.365. The summed E-state index contributed by atoms with van der Waals surface area (Å²) in [5.41, 5.74) is 0.885. The van der Waals surface area contributed by atoms with Gasteiger partial charge in [0.2, 0.25) is 0 Å². The maximum Gasteiger partial charge on any atom is 0.193 e. The predicted octanol–water partition coefficient (Wildman–Crippen LogP) is 2.70. The Labute approximate surface area is 122 Å². The number of benzene rings is 1. The van der Waals surface area contributed by atoms with E-state index in [1.807, 2.05) is 6.07 Å². The predicted molar refractivity (Wildman–Crippen MR) is 78.8 cm³/mol. The Balaban J connectivity index is 2.33. The normalized spacial score (nSPS) is 10.6. The number of allylic oxidation sites excluding steroid dienone is 1. The van der Waals surface area contributed by atoms with Crippen molar-refractivity contribution in [1.82, 2.24) is 4.98 Å². The first kappa shape index (κ1) is 14.6. The van der Waals surface area contributed by atoms with E-state index in [1.54, 1.807) is 30.6 Å². The molecule has 0 spiro atoms. The number of carbonyl (C=O) groups excluding carboxylic acids is 1. The monoisotopic (exact) mass is 285 g/mol. The average molecular weight is 285 g/mol. The summed E-state index contributed by atoms with van der Waals surface area (Å²) in [7, 11) is 2.90. The van der Waals surface area contributed by atoms with Crippen LogP contribution in [0.15, 0.2) is 42.7 Å². The van der Waals surface area contributed by atoms with Crippen LogP contribution in [-0.2, 0) is 0 Å². The fourth-order valence-electron chi connectivity index (χ4n) is 1.83. The first-order valence-electron chi connectivity index (χ1n) is 6.23. The second kappa shape index (κ2) is 6.56. The number of aromatic nitrogens is 1. The minimum Gasteiger partial charge on any atom is -0.507 e. The number of pyridine rings is 1. The van der Waals surface area contributed by atoms with Crippen molar-refractivity contribution in [1.29, 1.82) is 0 Å². The van der Waals surface area contributed by atoms with Crippen LogP contribution in [0.1, 0.15) is 15.9 Å². The molecule has 0 unspecified atom stereocenters. The molecular formula is C16H15NO4. The van der Waals surface area contributed by atoms with Crippen LogP contribution >= 0.6 is 0 Å². The molecule has 0 atom stereocenters. The van der Waals surface area contributed by atoms with Gasteiger partial charge >= 0.3 is 0 Å². The topological polar surface area (TPSA) is 68.7 Å². The number of phenolic OH excluding ortho intramolecular Hbond substituents is 1. The van der Waals surface area contributed by atoms with Crippen molar-refractivity contribution in [2.45, 2.75) is 0 Å². The van der Waals surface area contributed by atoms with Crippen LogP contribution in [0.25, 0.3) is 6.08 Å². The van der Waals surface area contributed by atoms with Gasteiger partial charge < -0.3 is 14.6 Å². The van der Waals surface area contributed by atoms with E-state index in [0.29, 0.717) is 5.75 Å². The van der Waals surface area contributed by atoms with Gasteiger partial charge in [-0.25, -0.2) is 0 Å². The standard InChI is InChI=1S/C16H15NO4/c1-20-12-8-14(19)16(15(9-12)21-2)13(18)6-5-11-4-3-7-17-10-11/h3-10,19H,1-2H3. The van der Waals surface area contributed by atoms with Crippen LogP contribution in [0.3, 0.4) is 0 Å². The molecule has 2 rings (SSSR count). The first-order valence-corrected chi connectivity index (χ1v) is 6.23. The van der Waals surface area contributed by atoms with E-state index in [4.69, 9.17) is 9.47 Å². The lowest BCUT2D eigenvalue weighted by Crippen LogP contribution is -2.00. The van der Waals surface area contributed by atoms with Crippen LogP contribution in [0.4, 0.5) is 0 Å². The summed E-state index contributed by atoms with van der Waals surface area (Å²) in [5.74, 6) is 0.118. The fourth-order valence-corrected chi connectivity index (χ4v) is 1.83. The van der Waals surface area contributed by atoms with Gasteiger partial charge in [-0.2, -0.15) is 0 Å². The zero-order chi connectivity index (χ0) is 15.2. The molecule has 0 aliphatic heterocycles. The molecule has 5 heteroatoms. The molecule has 0 aliphatic carbocycles. The summed E-state index contributed by atoms with van der Waals surface area (Å²) < 4.78 is 10.2. The molecule has 21 heavy (non-hydrogen) atoms. The Morgan fingerprint density at radius 2 is 2.10 bits per heavy atom. The van der Waals surface area contributed by atoms with E-state index in [1.165, 1.54) is 26.4 Å². The van der Waals surface area contributed by atoms with Crippen LogP contribution < -0.4 is 9.47 Å². The Morgan fingerprint density at radius 3 is 2.71 bits per heavy atom. The molecule has 0 radical (unpaired) electrons. The Morgan fingerprint density at radius 1 is 1.29 bits per heavy atom. The molecule has 1 N–H and O–H groups in total. The van der Waals surface area contributed by atoms with Gasteiger partial charge in [0.1, 0.15) is 22.8 Å². The lowest BCUT2D eigenvalue weighted by Gasteiger charge is -2.10. The summed E-state index contributed by atoms with van der Waals surface area (Å²) in [6.45, 7) is 0. The Kier molecular flexibility index (Phi) is 4.56. The summed E-state index contributed by atoms with van der Waals surface area (Å²) in [5, 5.41) is 9.97. The average Bonchev–Trinajstić information content (AvgIpc) is 2.52. The molecule has 1 heterocycles. The molecular weight excluding hydrogens is 270 g/mol. The summed E-state index contributed by atoms with van der Waals surface area (Å²) >= 11 is 0. The SMILES string of the molecule is COc1cc(O)c(C(=O)C=Cc2cccnc2)c(OC)c1. The number of rotatable bonds is 5. The van der Waals surface area contributed by atoms with Gasteiger partial charge in [-0.05, 0) is 23.8 Å². The van der Waals surface area contributed by atoms with Gasteiger partial charge in [-0.15, -0.1) is 0 Å². The van der Waals surface area contributed by atoms with Crippen molar-refractivity contribution >= 4 is 11.9 Å². The number of phenols is 1. The van der Waals surface area contributed by atoms with Crippen LogP contribution in [-0.4, -0.2) is 30.1 Å². The lowest BCUT2D eigenvalue weighted by molar-refractivity contribution is 0.104. The summed E-state index contributed by atoms with van der Waals surface area (Å²) in [6, 6.07) is 6.51. The second-order valence-corrected chi connectivity index (χ2v) is 4.21. The third-order valence-corrected chi connectivity index (χ3v) is 2.87. The number of ketones is 1. The summed E-state index contributed by atoms with van der Waals surface area (Å²) in [4.78, 5) is 16.2. The smallest absolute Gasteiger partial charge is 0.193 e. The van der Waals surface area contributed by atoms with Gasteiger partial charge in [-0.3, -0.25) is 9.78 Å². The Hall–Kier alpha value is -2.82. The Bertz CT molecular complexity index is 665. The van der Waals surface area contributed by atoms with Crippen LogP contribution in [0.2, 0.25) is 0 Å².